The Morgan fingerprint density at radius 3 is 2.32 bits per heavy atom. The lowest BCUT2D eigenvalue weighted by Gasteiger charge is -2.34. The highest BCUT2D eigenvalue weighted by atomic mass is 16.6. The molecule has 9 nitrogen and oxygen atoms in total. The highest BCUT2D eigenvalue weighted by molar-refractivity contribution is 5.92. The third-order valence-electron chi connectivity index (χ3n) is 5.61. The number of carbonyl (C=O) groups excluding carboxylic acids is 3. The van der Waals surface area contributed by atoms with Gasteiger partial charge in [-0.25, -0.2) is 4.79 Å². The van der Waals surface area contributed by atoms with E-state index in [1.54, 1.807) is 39.8 Å². The predicted octanol–water partition coefficient (Wildman–Crippen LogP) is 3.57. The molecule has 0 saturated carbocycles. The van der Waals surface area contributed by atoms with Crippen LogP contribution in [-0.2, 0) is 20.9 Å². The van der Waals surface area contributed by atoms with Crippen LogP contribution in [0.3, 0.4) is 0 Å². The van der Waals surface area contributed by atoms with E-state index in [-0.39, 0.29) is 18.8 Å². The molecule has 202 valence electrons. The molecule has 0 aliphatic carbocycles. The summed E-state index contributed by atoms with van der Waals surface area (Å²) in [5, 5.41) is 25.4. The van der Waals surface area contributed by atoms with Gasteiger partial charge in [-0.15, -0.1) is 0 Å². The lowest BCUT2D eigenvalue weighted by atomic mass is 9.99. The first-order chi connectivity index (χ1) is 17.5. The standard InChI is InChI=1S/C28H39N3O6/c1-6-7-15-31(26(35)22(18-32)30-27(36)37-28(3,4)5)24(21-13-14-23(33)19(2)16-21)25(34)29-17-20-11-9-8-10-12-20/h8-14,16,22,24,32-33H,6-7,15,17-18H2,1-5H3,(H,29,34)(H,30,36). The largest absolute Gasteiger partial charge is 0.508 e. The summed E-state index contributed by atoms with van der Waals surface area (Å²) >= 11 is 0. The van der Waals surface area contributed by atoms with Crippen molar-refractivity contribution in [1.29, 1.82) is 0 Å². The highest BCUT2D eigenvalue weighted by Gasteiger charge is 2.36. The van der Waals surface area contributed by atoms with Crippen molar-refractivity contribution >= 4 is 17.9 Å². The minimum Gasteiger partial charge on any atom is -0.508 e. The average molecular weight is 514 g/mol. The molecule has 2 aromatic rings. The monoisotopic (exact) mass is 513 g/mol. The number of amides is 3. The minimum atomic E-state index is -1.31. The minimum absolute atomic E-state index is 0.0680. The fourth-order valence-electron chi connectivity index (χ4n) is 3.73. The number of phenols is 1. The first-order valence-electron chi connectivity index (χ1n) is 12.5. The van der Waals surface area contributed by atoms with E-state index in [1.165, 1.54) is 11.0 Å². The Balaban J connectivity index is 2.42. The Kier molecular flexibility index (Phi) is 10.9. The summed E-state index contributed by atoms with van der Waals surface area (Å²) in [5.41, 5.74) is 1.15. The molecule has 0 aromatic heterocycles. The molecule has 3 amide bonds. The van der Waals surface area contributed by atoms with Crippen LogP contribution in [0, 0.1) is 6.92 Å². The molecule has 37 heavy (non-hydrogen) atoms. The fourth-order valence-corrected chi connectivity index (χ4v) is 3.73. The number of nitrogens with zero attached hydrogens (tertiary/aromatic N) is 1. The summed E-state index contributed by atoms with van der Waals surface area (Å²) in [6.07, 6.45) is 0.497. The van der Waals surface area contributed by atoms with Crippen molar-refractivity contribution in [3.63, 3.8) is 0 Å². The summed E-state index contributed by atoms with van der Waals surface area (Å²) in [5.74, 6) is -0.974. The number of rotatable bonds is 11. The fraction of sp³-hybridized carbons (Fsp3) is 0.464. The van der Waals surface area contributed by atoms with Gasteiger partial charge in [0.2, 0.25) is 11.8 Å². The summed E-state index contributed by atoms with van der Waals surface area (Å²) in [7, 11) is 0. The third kappa shape index (κ3) is 9.09. The van der Waals surface area contributed by atoms with Crippen LogP contribution in [0.15, 0.2) is 48.5 Å². The lowest BCUT2D eigenvalue weighted by Crippen LogP contribution is -2.54. The van der Waals surface area contributed by atoms with Gasteiger partial charge in [0.25, 0.3) is 0 Å². The van der Waals surface area contributed by atoms with Crippen molar-refractivity contribution in [3.05, 3.63) is 65.2 Å². The molecular formula is C28H39N3O6. The molecule has 0 aliphatic rings. The number of benzene rings is 2. The number of hydrogen-bond acceptors (Lipinski definition) is 6. The molecule has 2 unspecified atom stereocenters. The second kappa shape index (κ2) is 13.6. The van der Waals surface area contributed by atoms with Gasteiger partial charge in [-0.3, -0.25) is 9.59 Å². The maximum Gasteiger partial charge on any atom is 0.408 e. The van der Waals surface area contributed by atoms with E-state index < -0.39 is 42.2 Å². The predicted molar refractivity (Wildman–Crippen MR) is 141 cm³/mol. The molecule has 9 heteroatoms. The molecule has 0 spiro atoms. The summed E-state index contributed by atoms with van der Waals surface area (Å²) < 4.78 is 5.25. The highest BCUT2D eigenvalue weighted by Crippen LogP contribution is 2.27. The Morgan fingerprint density at radius 1 is 1.08 bits per heavy atom. The third-order valence-corrected chi connectivity index (χ3v) is 5.61. The molecular weight excluding hydrogens is 474 g/mol. The number of nitrogens with one attached hydrogen (secondary N) is 2. The zero-order valence-corrected chi connectivity index (χ0v) is 22.3. The van der Waals surface area contributed by atoms with Crippen LogP contribution in [-0.4, -0.2) is 57.8 Å². The Morgan fingerprint density at radius 2 is 1.76 bits per heavy atom. The van der Waals surface area contributed by atoms with E-state index in [0.717, 1.165) is 12.0 Å². The van der Waals surface area contributed by atoms with Crippen LogP contribution in [0.2, 0.25) is 0 Å². The molecule has 2 rings (SSSR count). The van der Waals surface area contributed by atoms with Crippen molar-refractivity contribution in [2.75, 3.05) is 13.2 Å². The van der Waals surface area contributed by atoms with Gasteiger partial charge in [-0.05, 0) is 62.9 Å². The second-order valence-electron chi connectivity index (χ2n) is 9.92. The maximum absolute atomic E-state index is 13.7. The smallest absolute Gasteiger partial charge is 0.408 e. The molecule has 2 aromatic carbocycles. The van der Waals surface area contributed by atoms with Gasteiger partial charge in [0.15, 0.2) is 0 Å². The van der Waals surface area contributed by atoms with Crippen molar-refractivity contribution < 1.29 is 29.3 Å². The number of phenolic OH excluding ortho intramolecular Hbond substituents is 1. The average Bonchev–Trinajstić information content (AvgIpc) is 2.84. The molecule has 4 N–H and O–H groups in total. The molecule has 0 aliphatic heterocycles. The Hall–Kier alpha value is -3.59. The van der Waals surface area contributed by atoms with Gasteiger partial charge in [0, 0.05) is 13.1 Å². The second-order valence-corrected chi connectivity index (χ2v) is 9.92. The zero-order valence-electron chi connectivity index (χ0n) is 22.3. The molecule has 0 heterocycles. The molecule has 0 fully saturated rings. The summed E-state index contributed by atoms with van der Waals surface area (Å²) in [4.78, 5) is 41.0. The normalized spacial score (nSPS) is 12.8. The first-order valence-corrected chi connectivity index (χ1v) is 12.5. The number of aryl methyl sites for hydroxylation is 1. The van der Waals surface area contributed by atoms with Crippen LogP contribution in [0.25, 0.3) is 0 Å². The first kappa shape index (κ1) is 29.6. The topological polar surface area (TPSA) is 128 Å². The number of unbranched alkanes of at least 4 members (excludes halogenated alkanes) is 1. The lowest BCUT2D eigenvalue weighted by molar-refractivity contribution is -0.143. The zero-order chi connectivity index (χ0) is 27.6. The van der Waals surface area contributed by atoms with Crippen LogP contribution < -0.4 is 10.6 Å². The number of alkyl carbamates (subject to hydrolysis) is 1. The van der Waals surface area contributed by atoms with Crippen molar-refractivity contribution in [1.82, 2.24) is 15.5 Å². The van der Waals surface area contributed by atoms with E-state index in [9.17, 15) is 24.6 Å². The van der Waals surface area contributed by atoms with E-state index in [4.69, 9.17) is 4.74 Å². The van der Waals surface area contributed by atoms with Crippen LogP contribution >= 0.6 is 0 Å². The van der Waals surface area contributed by atoms with E-state index >= 15 is 0 Å². The maximum atomic E-state index is 13.7. The van der Waals surface area contributed by atoms with Crippen LogP contribution in [0.5, 0.6) is 5.75 Å². The van der Waals surface area contributed by atoms with Crippen molar-refractivity contribution in [3.8, 4) is 5.75 Å². The summed E-state index contributed by atoms with van der Waals surface area (Å²) in [6, 6.07) is 11.7. The molecule has 0 bridgehead atoms. The Labute approximate surface area is 218 Å². The summed E-state index contributed by atoms with van der Waals surface area (Å²) in [6.45, 7) is 8.53. The van der Waals surface area contributed by atoms with Gasteiger partial charge in [-0.2, -0.15) is 0 Å². The quantitative estimate of drug-likeness (QED) is 0.364. The SMILES string of the molecule is CCCCN(C(=O)C(CO)NC(=O)OC(C)(C)C)C(C(=O)NCc1ccccc1)c1ccc(O)c(C)c1. The number of carbonyl (C=O) groups is 3. The van der Waals surface area contributed by atoms with Gasteiger partial charge in [0.05, 0.1) is 6.61 Å². The number of aromatic hydroxyl groups is 1. The van der Waals surface area contributed by atoms with E-state index in [1.807, 2.05) is 37.3 Å². The Bertz CT molecular complexity index is 1050. The number of ether oxygens (including phenoxy) is 1. The van der Waals surface area contributed by atoms with Crippen LogP contribution in [0.4, 0.5) is 4.79 Å². The van der Waals surface area contributed by atoms with Crippen LogP contribution in [0.1, 0.15) is 63.3 Å². The number of hydrogen-bond donors (Lipinski definition) is 4. The van der Waals surface area contributed by atoms with Gasteiger partial charge in [0.1, 0.15) is 23.4 Å². The van der Waals surface area contributed by atoms with Gasteiger partial charge in [-0.1, -0.05) is 49.7 Å². The molecule has 0 radical (unpaired) electrons. The number of aliphatic hydroxyl groups is 1. The van der Waals surface area contributed by atoms with Crippen molar-refractivity contribution in [2.24, 2.45) is 0 Å². The van der Waals surface area contributed by atoms with Gasteiger partial charge < -0.3 is 30.5 Å². The molecule has 2 atom stereocenters. The number of aliphatic hydroxyl groups excluding tert-OH is 1. The van der Waals surface area contributed by atoms with E-state index in [0.29, 0.717) is 17.5 Å². The van der Waals surface area contributed by atoms with E-state index in [2.05, 4.69) is 10.6 Å². The van der Waals surface area contributed by atoms with Gasteiger partial charge >= 0.3 is 6.09 Å². The molecule has 0 saturated heterocycles. The van der Waals surface area contributed by atoms with Crippen molar-refractivity contribution in [2.45, 2.75) is 71.7 Å².